The number of nitrogens with zero attached hydrogens (tertiary/aromatic N) is 4. The summed E-state index contributed by atoms with van der Waals surface area (Å²) in [5.41, 5.74) is -0.293. The van der Waals surface area contributed by atoms with Gasteiger partial charge in [-0.1, -0.05) is 12.1 Å². The summed E-state index contributed by atoms with van der Waals surface area (Å²) in [4.78, 5) is 31.3. The van der Waals surface area contributed by atoms with Gasteiger partial charge in [-0.05, 0) is 18.2 Å². The summed E-state index contributed by atoms with van der Waals surface area (Å²) >= 11 is 0. The molecule has 0 aromatic heterocycles. The van der Waals surface area contributed by atoms with Crippen LogP contribution in [0.3, 0.4) is 0 Å². The number of non-ortho nitro benzene ring substituents is 1. The normalized spacial score (nSPS) is 9.90. The zero-order valence-corrected chi connectivity index (χ0v) is 10.4. The minimum Gasteiger partial charge on any atom is -0.258 e. The van der Waals surface area contributed by atoms with Crippen molar-refractivity contribution in [2.24, 2.45) is 5.29 Å². The minimum atomic E-state index is -0.640. The molecule has 21 heavy (non-hydrogen) atoms. The maximum Gasteiger partial charge on any atom is 0.295 e. The highest BCUT2D eigenvalue weighted by molar-refractivity contribution is 5.71. The summed E-state index contributed by atoms with van der Waals surface area (Å²) in [7, 11) is 0. The molecular formula is C12H8N4O5. The molecule has 0 heterocycles. The summed E-state index contributed by atoms with van der Waals surface area (Å²) < 4.78 is 0. The summed E-state index contributed by atoms with van der Waals surface area (Å²) in [6.45, 7) is 0. The van der Waals surface area contributed by atoms with E-state index < -0.39 is 9.85 Å². The standard InChI is InChI=1S/C12H8N4O5/c17-13-14(9-5-7-10(8-6-9)15(18)19)11-3-1-2-4-12(11)16(20)21/h1-8H. The number of nitroso groups, excluding NO2 is 1. The van der Waals surface area contributed by atoms with E-state index in [0.717, 1.165) is 5.01 Å². The number of nitro benzene ring substituents is 2. The van der Waals surface area contributed by atoms with Gasteiger partial charge in [0, 0.05) is 18.2 Å². The smallest absolute Gasteiger partial charge is 0.258 e. The van der Waals surface area contributed by atoms with Gasteiger partial charge in [-0.15, -0.1) is 4.91 Å². The molecule has 0 N–H and O–H groups in total. The molecule has 0 unspecified atom stereocenters. The molecule has 2 rings (SSSR count). The van der Waals surface area contributed by atoms with Crippen molar-refractivity contribution in [1.29, 1.82) is 0 Å². The van der Waals surface area contributed by atoms with Crippen LogP contribution in [0.1, 0.15) is 0 Å². The average molecular weight is 288 g/mol. The molecule has 0 fully saturated rings. The highest BCUT2D eigenvalue weighted by atomic mass is 16.6. The molecule has 9 nitrogen and oxygen atoms in total. The number of hydrogen-bond donors (Lipinski definition) is 0. The van der Waals surface area contributed by atoms with Gasteiger partial charge in [-0.2, -0.15) is 5.01 Å². The second-order valence-electron chi connectivity index (χ2n) is 3.91. The largest absolute Gasteiger partial charge is 0.295 e. The van der Waals surface area contributed by atoms with Gasteiger partial charge in [-0.25, -0.2) is 0 Å². The van der Waals surface area contributed by atoms with E-state index in [1.54, 1.807) is 0 Å². The number of benzene rings is 2. The van der Waals surface area contributed by atoms with Gasteiger partial charge >= 0.3 is 0 Å². The van der Waals surface area contributed by atoms with Crippen LogP contribution in [0.25, 0.3) is 0 Å². The molecule has 2 aromatic carbocycles. The molecule has 0 radical (unpaired) electrons. The SMILES string of the molecule is O=NN(c1ccc([N+](=O)[O-])cc1)c1ccccc1[N+](=O)[O-]. The molecule has 0 saturated carbocycles. The molecule has 0 spiro atoms. The molecule has 2 aromatic rings. The molecule has 0 atom stereocenters. The van der Waals surface area contributed by atoms with Gasteiger partial charge in [0.05, 0.1) is 20.8 Å². The van der Waals surface area contributed by atoms with E-state index >= 15 is 0 Å². The van der Waals surface area contributed by atoms with Crippen LogP contribution in [0.2, 0.25) is 0 Å². The van der Waals surface area contributed by atoms with E-state index in [2.05, 4.69) is 5.29 Å². The molecule has 0 aliphatic rings. The highest BCUT2D eigenvalue weighted by Crippen LogP contribution is 2.34. The quantitative estimate of drug-likeness (QED) is 0.473. The third kappa shape index (κ3) is 2.81. The molecule has 0 saturated heterocycles. The molecule has 0 bridgehead atoms. The Kier molecular flexibility index (Phi) is 3.84. The van der Waals surface area contributed by atoms with E-state index in [1.807, 2.05) is 0 Å². The van der Waals surface area contributed by atoms with Crippen LogP contribution in [0.4, 0.5) is 22.7 Å². The van der Waals surface area contributed by atoms with Gasteiger partial charge in [0.2, 0.25) is 0 Å². The molecule has 9 heteroatoms. The first-order valence-electron chi connectivity index (χ1n) is 5.66. The monoisotopic (exact) mass is 288 g/mol. The van der Waals surface area contributed by atoms with E-state index in [0.29, 0.717) is 0 Å². The average Bonchev–Trinajstić information content (AvgIpc) is 2.49. The van der Waals surface area contributed by atoms with Crippen molar-refractivity contribution in [2.45, 2.75) is 0 Å². The van der Waals surface area contributed by atoms with Gasteiger partial charge in [-0.3, -0.25) is 20.2 Å². The first kappa shape index (κ1) is 14.1. The Hall–Kier alpha value is -3.36. The van der Waals surface area contributed by atoms with Crippen molar-refractivity contribution >= 4 is 22.7 Å². The lowest BCUT2D eigenvalue weighted by Gasteiger charge is -2.14. The van der Waals surface area contributed by atoms with Crippen LogP contribution in [0.15, 0.2) is 53.8 Å². The van der Waals surface area contributed by atoms with Gasteiger partial charge in [0.1, 0.15) is 5.69 Å². The Labute approximate surface area is 117 Å². The van der Waals surface area contributed by atoms with Crippen LogP contribution < -0.4 is 5.01 Å². The number of nitro groups is 2. The highest BCUT2D eigenvalue weighted by Gasteiger charge is 2.21. The van der Waals surface area contributed by atoms with Crippen molar-refractivity contribution in [3.8, 4) is 0 Å². The number of para-hydroxylation sites is 2. The maximum atomic E-state index is 11.0. The maximum absolute atomic E-state index is 11.0. The lowest BCUT2D eigenvalue weighted by atomic mass is 10.2. The van der Waals surface area contributed by atoms with Crippen molar-refractivity contribution in [3.05, 3.63) is 73.7 Å². The third-order valence-electron chi connectivity index (χ3n) is 2.69. The molecule has 106 valence electrons. The fourth-order valence-corrected chi connectivity index (χ4v) is 1.74. The van der Waals surface area contributed by atoms with E-state index in [9.17, 15) is 25.1 Å². The Morgan fingerprint density at radius 1 is 0.905 bits per heavy atom. The van der Waals surface area contributed by atoms with Crippen LogP contribution in [-0.4, -0.2) is 9.85 Å². The zero-order chi connectivity index (χ0) is 15.4. The van der Waals surface area contributed by atoms with Gasteiger partial charge in [0.25, 0.3) is 11.4 Å². The van der Waals surface area contributed by atoms with E-state index in [4.69, 9.17) is 0 Å². The second-order valence-corrected chi connectivity index (χ2v) is 3.91. The van der Waals surface area contributed by atoms with E-state index in [1.165, 1.54) is 48.5 Å². The minimum absolute atomic E-state index is 0.0219. The van der Waals surface area contributed by atoms with Crippen LogP contribution in [0, 0.1) is 25.1 Å². The lowest BCUT2D eigenvalue weighted by molar-refractivity contribution is -0.384. The van der Waals surface area contributed by atoms with Crippen molar-refractivity contribution in [2.75, 3.05) is 5.01 Å². The summed E-state index contributed by atoms with van der Waals surface area (Å²) in [5, 5.41) is 25.1. The van der Waals surface area contributed by atoms with Gasteiger partial charge in [0.15, 0.2) is 0 Å². The van der Waals surface area contributed by atoms with E-state index in [-0.39, 0.29) is 22.7 Å². The first-order valence-corrected chi connectivity index (χ1v) is 5.66. The summed E-state index contributed by atoms with van der Waals surface area (Å²) in [5.74, 6) is 0. The first-order chi connectivity index (χ1) is 10.0. The van der Waals surface area contributed by atoms with Crippen molar-refractivity contribution in [1.82, 2.24) is 0 Å². The Balaban J connectivity index is 2.47. The summed E-state index contributed by atoms with van der Waals surface area (Å²) in [6, 6.07) is 10.5. The molecule has 0 amide bonds. The second kappa shape index (κ2) is 5.74. The molecule has 0 aliphatic heterocycles. The van der Waals surface area contributed by atoms with Crippen molar-refractivity contribution < 1.29 is 9.85 Å². The summed E-state index contributed by atoms with van der Waals surface area (Å²) in [6.07, 6.45) is 0. The number of anilines is 2. The predicted molar refractivity (Wildman–Crippen MR) is 74.1 cm³/mol. The third-order valence-corrected chi connectivity index (χ3v) is 2.69. The van der Waals surface area contributed by atoms with Gasteiger partial charge < -0.3 is 0 Å². The molecular weight excluding hydrogens is 280 g/mol. The Morgan fingerprint density at radius 2 is 1.52 bits per heavy atom. The Morgan fingerprint density at radius 3 is 2.05 bits per heavy atom. The van der Waals surface area contributed by atoms with Crippen LogP contribution in [0.5, 0.6) is 0 Å². The van der Waals surface area contributed by atoms with Crippen LogP contribution >= 0.6 is 0 Å². The fraction of sp³-hybridized carbons (Fsp3) is 0. The molecule has 0 aliphatic carbocycles. The fourth-order valence-electron chi connectivity index (χ4n) is 1.74. The lowest BCUT2D eigenvalue weighted by Crippen LogP contribution is -2.09. The topological polar surface area (TPSA) is 119 Å². The van der Waals surface area contributed by atoms with Crippen LogP contribution in [-0.2, 0) is 0 Å². The zero-order valence-electron chi connectivity index (χ0n) is 10.4. The van der Waals surface area contributed by atoms with Crippen molar-refractivity contribution in [3.63, 3.8) is 0 Å². The predicted octanol–water partition coefficient (Wildman–Crippen LogP) is 3.32. The number of hydrogen-bond acceptors (Lipinski definition) is 6. The Bertz CT molecular complexity index is 701. The number of rotatable bonds is 5.